The molecule has 0 saturated heterocycles. The molecule has 15 heavy (non-hydrogen) atoms. The molecule has 0 aliphatic heterocycles. The number of hydrogen-bond donors (Lipinski definition) is 2. The van der Waals surface area contributed by atoms with Gasteiger partial charge in [-0.1, -0.05) is 6.92 Å². The smallest absolute Gasteiger partial charge is 0.0780 e. The van der Waals surface area contributed by atoms with Crippen molar-refractivity contribution in [3.63, 3.8) is 0 Å². The van der Waals surface area contributed by atoms with E-state index in [-0.39, 0.29) is 18.8 Å². The maximum atomic E-state index is 9.02. The van der Waals surface area contributed by atoms with Crippen molar-refractivity contribution in [1.82, 2.24) is 5.32 Å². The molecule has 0 aromatic carbocycles. The molecule has 0 spiro atoms. The highest BCUT2D eigenvalue weighted by molar-refractivity contribution is 4.63. The van der Waals surface area contributed by atoms with Gasteiger partial charge in [0.1, 0.15) is 0 Å². The molecule has 4 nitrogen and oxygen atoms in total. The second-order valence-corrected chi connectivity index (χ2v) is 3.57. The number of likely N-dealkylation sites (N-methyl/N-ethyl adjacent to an activating group) is 1. The summed E-state index contributed by atoms with van der Waals surface area (Å²) in [5.74, 6) is 0. The maximum Gasteiger partial charge on any atom is 0.0780 e. The molecular weight excluding hydrogens is 194 g/mol. The number of rotatable bonds is 10. The van der Waals surface area contributed by atoms with Gasteiger partial charge in [-0.25, -0.2) is 0 Å². The second-order valence-electron chi connectivity index (χ2n) is 3.57. The number of aliphatic hydroxyl groups is 1. The van der Waals surface area contributed by atoms with Crippen molar-refractivity contribution in [3.8, 4) is 0 Å². The third kappa shape index (κ3) is 8.81. The first-order valence-electron chi connectivity index (χ1n) is 5.78. The van der Waals surface area contributed by atoms with Crippen molar-refractivity contribution in [2.24, 2.45) is 0 Å². The van der Waals surface area contributed by atoms with Gasteiger partial charge in [-0.15, -0.1) is 0 Å². The monoisotopic (exact) mass is 219 g/mol. The van der Waals surface area contributed by atoms with Gasteiger partial charge in [0.05, 0.1) is 19.3 Å². The average Bonchev–Trinajstić information content (AvgIpc) is 2.25. The molecule has 0 aromatic heterocycles. The second kappa shape index (κ2) is 10.4. The van der Waals surface area contributed by atoms with Crippen LogP contribution in [-0.4, -0.2) is 50.2 Å². The van der Waals surface area contributed by atoms with Crippen molar-refractivity contribution in [2.75, 3.05) is 33.0 Å². The number of nitrogens with one attached hydrogen (secondary N) is 1. The Morgan fingerprint density at radius 2 is 2.07 bits per heavy atom. The molecule has 0 amide bonds. The third-order valence-electron chi connectivity index (χ3n) is 2.14. The topological polar surface area (TPSA) is 50.7 Å². The first-order chi connectivity index (χ1) is 7.24. The highest BCUT2D eigenvalue weighted by Crippen LogP contribution is 1.97. The summed E-state index contributed by atoms with van der Waals surface area (Å²) < 4.78 is 10.8. The van der Waals surface area contributed by atoms with E-state index in [4.69, 9.17) is 14.6 Å². The van der Waals surface area contributed by atoms with E-state index in [0.717, 1.165) is 19.6 Å². The van der Waals surface area contributed by atoms with E-state index in [1.807, 2.05) is 20.8 Å². The first-order valence-corrected chi connectivity index (χ1v) is 5.78. The van der Waals surface area contributed by atoms with Gasteiger partial charge in [-0.3, -0.25) is 0 Å². The van der Waals surface area contributed by atoms with Gasteiger partial charge < -0.3 is 19.9 Å². The summed E-state index contributed by atoms with van der Waals surface area (Å²) in [6, 6.07) is 0.147. The molecule has 0 radical (unpaired) electrons. The SMILES string of the molecule is CCNC(CO)CCOC(C)COCC. The Bertz CT molecular complexity index is 133. The van der Waals surface area contributed by atoms with Gasteiger partial charge >= 0.3 is 0 Å². The standard InChI is InChI=1S/C11H25NO3/c1-4-12-11(8-13)6-7-15-10(3)9-14-5-2/h10-13H,4-9H2,1-3H3. The van der Waals surface area contributed by atoms with E-state index in [1.54, 1.807) is 0 Å². The van der Waals surface area contributed by atoms with Crippen LogP contribution in [0.2, 0.25) is 0 Å². The predicted molar refractivity (Wildman–Crippen MR) is 61.1 cm³/mol. The quantitative estimate of drug-likeness (QED) is 0.570. The molecule has 4 heteroatoms. The molecule has 2 unspecified atom stereocenters. The zero-order valence-electron chi connectivity index (χ0n) is 10.2. The summed E-state index contributed by atoms with van der Waals surface area (Å²) in [5, 5.41) is 12.2. The normalized spacial score (nSPS) is 15.2. The summed E-state index contributed by atoms with van der Waals surface area (Å²) in [4.78, 5) is 0. The molecule has 0 bridgehead atoms. The van der Waals surface area contributed by atoms with Crippen LogP contribution in [0.1, 0.15) is 27.2 Å². The van der Waals surface area contributed by atoms with Crippen LogP contribution in [0, 0.1) is 0 Å². The van der Waals surface area contributed by atoms with Gasteiger partial charge in [0.2, 0.25) is 0 Å². The Labute approximate surface area is 93.0 Å². The van der Waals surface area contributed by atoms with E-state index in [0.29, 0.717) is 13.2 Å². The van der Waals surface area contributed by atoms with Crippen LogP contribution in [0.4, 0.5) is 0 Å². The Morgan fingerprint density at radius 1 is 1.33 bits per heavy atom. The van der Waals surface area contributed by atoms with Crippen molar-refractivity contribution in [3.05, 3.63) is 0 Å². The van der Waals surface area contributed by atoms with Crippen LogP contribution in [0.5, 0.6) is 0 Å². The van der Waals surface area contributed by atoms with Crippen molar-refractivity contribution < 1.29 is 14.6 Å². The maximum absolute atomic E-state index is 9.02. The van der Waals surface area contributed by atoms with Crippen LogP contribution < -0.4 is 5.32 Å². The molecule has 0 aliphatic carbocycles. The van der Waals surface area contributed by atoms with Crippen LogP contribution >= 0.6 is 0 Å². The molecule has 0 saturated carbocycles. The minimum absolute atomic E-state index is 0.130. The van der Waals surface area contributed by atoms with Crippen molar-refractivity contribution in [1.29, 1.82) is 0 Å². The Balaban J connectivity index is 3.41. The Morgan fingerprint density at radius 3 is 2.60 bits per heavy atom. The fourth-order valence-electron chi connectivity index (χ4n) is 1.29. The van der Waals surface area contributed by atoms with Gasteiger partial charge in [-0.2, -0.15) is 0 Å². The molecule has 0 aromatic rings. The third-order valence-corrected chi connectivity index (χ3v) is 2.14. The largest absolute Gasteiger partial charge is 0.395 e. The zero-order valence-corrected chi connectivity index (χ0v) is 10.2. The minimum Gasteiger partial charge on any atom is -0.395 e. The molecule has 0 fully saturated rings. The van der Waals surface area contributed by atoms with Gasteiger partial charge in [0.15, 0.2) is 0 Å². The molecule has 92 valence electrons. The summed E-state index contributed by atoms with van der Waals surface area (Å²) in [5.41, 5.74) is 0. The number of ether oxygens (including phenoxy) is 2. The lowest BCUT2D eigenvalue weighted by Crippen LogP contribution is -2.33. The lowest BCUT2D eigenvalue weighted by atomic mass is 10.2. The van der Waals surface area contributed by atoms with E-state index in [2.05, 4.69) is 5.32 Å². The molecular formula is C11H25NO3. The van der Waals surface area contributed by atoms with Crippen LogP contribution in [0.3, 0.4) is 0 Å². The summed E-state index contributed by atoms with van der Waals surface area (Å²) >= 11 is 0. The van der Waals surface area contributed by atoms with Gasteiger partial charge in [0, 0.05) is 19.3 Å². The Kier molecular flexibility index (Phi) is 10.3. The summed E-state index contributed by atoms with van der Waals surface area (Å²) in [6.45, 7) is 9.06. The molecule has 0 rings (SSSR count). The fraction of sp³-hybridized carbons (Fsp3) is 1.00. The first kappa shape index (κ1) is 14.8. The predicted octanol–water partition coefficient (Wildman–Crippen LogP) is 0.788. The Hall–Kier alpha value is -0.160. The van der Waals surface area contributed by atoms with Crippen molar-refractivity contribution in [2.45, 2.75) is 39.3 Å². The van der Waals surface area contributed by atoms with E-state index >= 15 is 0 Å². The zero-order chi connectivity index (χ0) is 11.5. The number of aliphatic hydroxyl groups excluding tert-OH is 1. The highest BCUT2D eigenvalue weighted by Gasteiger charge is 2.07. The van der Waals surface area contributed by atoms with E-state index in [9.17, 15) is 0 Å². The fourth-order valence-corrected chi connectivity index (χ4v) is 1.29. The summed E-state index contributed by atoms with van der Waals surface area (Å²) in [7, 11) is 0. The highest BCUT2D eigenvalue weighted by atomic mass is 16.5. The molecule has 0 heterocycles. The lowest BCUT2D eigenvalue weighted by Gasteiger charge is -2.17. The molecule has 2 N–H and O–H groups in total. The van der Waals surface area contributed by atoms with Crippen LogP contribution in [0.15, 0.2) is 0 Å². The van der Waals surface area contributed by atoms with Crippen LogP contribution in [0.25, 0.3) is 0 Å². The molecule has 2 atom stereocenters. The van der Waals surface area contributed by atoms with Crippen LogP contribution in [-0.2, 0) is 9.47 Å². The van der Waals surface area contributed by atoms with E-state index < -0.39 is 0 Å². The molecule has 0 aliphatic rings. The summed E-state index contributed by atoms with van der Waals surface area (Å²) in [6.07, 6.45) is 0.965. The lowest BCUT2D eigenvalue weighted by molar-refractivity contribution is -0.00766. The minimum atomic E-state index is 0.130. The van der Waals surface area contributed by atoms with Gasteiger partial charge in [0.25, 0.3) is 0 Å². The van der Waals surface area contributed by atoms with E-state index in [1.165, 1.54) is 0 Å². The average molecular weight is 219 g/mol. The van der Waals surface area contributed by atoms with Gasteiger partial charge in [-0.05, 0) is 26.8 Å². The number of hydrogen-bond acceptors (Lipinski definition) is 4. The van der Waals surface area contributed by atoms with Crippen molar-refractivity contribution >= 4 is 0 Å².